The quantitative estimate of drug-likeness (QED) is 0.918. The van der Waals surface area contributed by atoms with Gasteiger partial charge in [-0.05, 0) is 12.8 Å². The number of methoxy groups -OCH3 is 1. The lowest BCUT2D eigenvalue weighted by molar-refractivity contribution is -0.136. The number of piperidine rings is 1. The van der Waals surface area contributed by atoms with Crippen LogP contribution in [0.25, 0.3) is 11.3 Å². The van der Waals surface area contributed by atoms with Gasteiger partial charge >= 0.3 is 0 Å². The molecule has 1 aliphatic rings. The number of ether oxygens (including phenoxy) is 1. The van der Waals surface area contributed by atoms with Crippen molar-refractivity contribution in [1.29, 1.82) is 0 Å². The number of aromatic nitrogens is 4. The molecule has 1 N–H and O–H groups in total. The van der Waals surface area contributed by atoms with E-state index in [4.69, 9.17) is 4.74 Å². The molecule has 7 nitrogen and oxygen atoms in total. The van der Waals surface area contributed by atoms with Crippen LogP contribution >= 0.6 is 0 Å². The van der Waals surface area contributed by atoms with Crippen molar-refractivity contribution < 1.29 is 9.53 Å². The molecule has 1 aliphatic heterocycles. The summed E-state index contributed by atoms with van der Waals surface area (Å²) in [6, 6.07) is 0. The smallest absolute Gasteiger partial charge is 0.248 e. The van der Waals surface area contributed by atoms with Gasteiger partial charge in [0.25, 0.3) is 0 Å². The van der Waals surface area contributed by atoms with E-state index in [0.717, 1.165) is 36.3 Å². The van der Waals surface area contributed by atoms with Crippen molar-refractivity contribution in [2.24, 2.45) is 0 Å². The summed E-state index contributed by atoms with van der Waals surface area (Å²) in [6.45, 7) is 1.56. The Morgan fingerprint density at radius 2 is 2.32 bits per heavy atom. The molecule has 3 heterocycles. The van der Waals surface area contributed by atoms with Crippen LogP contribution in [0.2, 0.25) is 0 Å². The third-order valence-electron chi connectivity index (χ3n) is 3.93. The van der Waals surface area contributed by atoms with Crippen molar-refractivity contribution in [2.45, 2.75) is 18.8 Å². The van der Waals surface area contributed by atoms with E-state index in [-0.39, 0.29) is 18.4 Å². The Morgan fingerprint density at radius 1 is 1.45 bits per heavy atom. The van der Waals surface area contributed by atoms with E-state index >= 15 is 0 Å². The molecule has 1 amide bonds. The summed E-state index contributed by atoms with van der Waals surface area (Å²) in [7, 11) is 1.54. The summed E-state index contributed by atoms with van der Waals surface area (Å²) in [5.41, 5.74) is 2.68. The number of H-pyrrole nitrogens is 1. The van der Waals surface area contributed by atoms with Gasteiger partial charge in [-0.1, -0.05) is 0 Å². The van der Waals surface area contributed by atoms with Crippen LogP contribution in [0, 0.1) is 0 Å². The molecule has 1 fully saturated rings. The van der Waals surface area contributed by atoms with Crippen molar-refractivity contribution in [3.63, 3.8) is 0 Å². The van der Waals surface area contributed by atoms with Crippen molar-refractivity contribution >= 4 is 5.91 Å². The third-order valence-corrected chi connectivity index (χ3v) is 3.93. The maximum atomic E-state index is 12.0. The van der Waals surface area contributed by atoms with Gasteiger partial charge in [0.2, 0.25) is 5.91 Å². The fourth-order valence-electron chi connectivity index (χ4n) is 2.89. The van der Waals surface area contributed by atoms with Crippen LogP contribution in [-0.2, 0) is 9.53 Å². The van der Waals surface area contributed by atoms with Gasteiger partial charge in [0.05, 0.1) is 17.6 Å². The highest BCUT2D eigenvalue weighted by atomic mass is 16.5. The molecule has 1 saturated heterocycles. The highest BCUT2D eigenvalue weighted by Crippen LogP contribution is 2.31. The fourth-order valence-corrected chi connectivity index (χ4v) is 2.89. The van der Waals surface area contributed by atoms with E-state index in [1.807, 2.05) is 11.1 Å². The maximum absolute atomic E-state index is 12.0. The molecule has 116 valence electrons. The number of likely N-dealkylation sites (tertiary alicyclic amines) is 1. The Labute approximate surface area is 128 Å². The van der Waals surface area contributed by atoms with Gasteiger partial charge in [-0.3, -0.25) is 19.9 Å². The summed E-state index contributed by atoms with van der Waals surface area (Å²) in [5, 5.41) is 6.78. The van der Waals surface area contributed by atoms with Crippen molar-refractivity contribution in [3.8, 4) is 11.3 Å². The van der Waals surface area contributed by atoms with E-state index in [2.05, 4.69) is 20.2 Å². The Hall–Kier alpha value is -2.28. The molecule has 1 atom stereocenters. The van der Waals surface area contributed by atoms with Crippen LogP contribution in [0.3, 0.4) is 0 Å². The van der Waals surface area contributed by atoms with Crippen molar-refractivity contribution in [1.82, 2.24) is 25.1 Å². The average molecular weight is 301 g/mol. The molecule has 0 aliphatic carbocycles. The lowest BCUT2D eigenvalue weighted by Gasteiger charge is -2.32. The van der Waals surface area contributed by atoms with Gasteiger partial charge in [0, 0.05) is 50.3 Å². The number of hydrogen-bond donors (Lipinski definition) is 1. The number of carbonyl (C=O) groups excluding carboxylic acids is 1. The predicted octanol–water partition coefficient (Wildman–Crippen LogP) is 1.22. The zero-order valence-corrected chi connectivity index (χ0v) is 12.5. The van der Waals surface area contributed by atoms with Crippen LogP contribution in [0.4, 0.5) is 0 Å². The number of hydrogen-bond acceptors (Lipinski definition) is 5. The van der Waals surface area contributed by atoms with Gasteiger partial charge in [0.1, 0.15) is 6.61 Å². The molecule has 2 aromatic rings. The summed E-state index contributed by atoms with van der Waals surface area (Å²) < 4.78 is 4.95. The molecule has 0 radical (unpaired) electrons. The van der Waals surface area contributed by atoms with Crippen LogP contribution in [-0.4, -0.2) is 57.8 Å². The summed E-state index contributed by atoms with van der Waals surface area (Å²) in [6.07, 6.45) is 8.90. The van der Waals surface area contributed by atoms with Gasteiger partial charge in [0.15, 0.2) is 0 Å². The molecule has 0 bridgehead atoms. The normalized spacial score (nSPS) is 18.4. The number of aromatic amines is 1. The Morgan fingerprint density at radius 3 is 3.09 bits per heavy atom. The number of nitrogens with zero attached hydrogens (tertiary/aromatic N) is 4. The zero-order valence-electron chi connectivity index (χ0n) is 12.5. The van der Waals surface area contributed by atoms with Gasteiger partial charge in [-0.2, -0.15) is 5.10 Å². The van der Waals surface area contributed by atoms with E-state index in [1.165, 1.54) is 0 Å². The Kier molecular flexibility index (Phi) is 4.43. The molecule has 1 unspecified atom stereocenters. The van der Waals surface area contributed by atoms with Crippen molar-refractivity contribution in [3.05, 3.63) is 30.5 Å². The highest BCUT2D eigenvalue weighted by Gasteiger charge is 2.27. The molecular weight excluding hydrogens is 282 g/mol. The monoisotopic (exact) mass is 301 g/mol. The lowest BCUT2D eigenvalue weighted by Crippen LogP contribution is -2.41. The first kappa shape index (κ1) is 14.6. The number of amides is 1. The van der Waals surface area contributed by atoms with Crippen LogP contribution in [0.1, 0.15) is 24.5 Å². The lowest BCUT2D eigenvalue weighted by atomic mass is 9.92. The number of nitrogens with one attached hydrogen (secondary N) is 1. The largest absolute Gasteiger partial charge is 0.375 e. The molecular formula is C15H19N5O2. The topological polar surface area (TPSA) is 84.0 Å². The average Bonchev–Trinajstić information content (AvgIpc) is 3.09. The molecule has 3 rings (SSSR count). The van der Waals surface area contributed by atoms with Crippen LogP contribution < -0.4 is 0 Å². The first-order valence-electron chi connectivity index (χ1n) is 7.36. The SMILES string of the molecule is COCC(=O)N1CCCC(c2nccnc2-c2cn[nH]c2)C1. The summed E-state index contributed by atoms with van der Waals surface area (Å²) >= 11 is 0. The molecule has 0 aromatic carbocycles. The second-order valence-electron chi connectivity index (χ2n) is 5.39. The Balaban J connectivity index is 1.84. The standard InChI is InChI=1S/C15H19N5O2/c1-22-10-13(21)20-6-2-3-11(9-20)14-15(17-5-4-16-14)12-7-18-19-8-12/h4-5,7-8,11H,2-3,6,9-10H2,1H3,(H,18,19). The number of rotatable bonds is 4. The summed E-state index contributed by atoms with van der Waals surface area (Å²) in [5.74, 6) is 0.217. The molecule has 2 aromatic heterocycles. The minimum atomic E-state index is 0.0287. The molecule has 7 heteroatoms. The second kappa shape index (κ2) is 6.65. The minimum Gasteiger partial charge on any atom is -0.375 e. The first-order chi connectivity index (χ1) is 10.8. The molecule has 22 heavy (non-hydrogen) atoms. The zero-order chi connectivity index (χ0) is 15.4. The van der Waals surface area contributed by atoms with Gasteiger partial charge < -0.3 is 9.64 Å². The minimum absolute atomic E-state index is 0.0287. The second-order valence-corrected chi connectivity index (χ2v) is 5.39. The van der Waals surface area contributed by atoms with Crippen molar-refractivity contribution in [2.75, 3.05) is 26.8 Å². The van der Waals surface area contributed by atoms with Crippen LogP contribution in [0.5, 0.6) is 0 Å². The maximum Gasteiger partial charge on any atom is 0.248 e. The van der Waals surface area contributed by atoms with E-state index in [0.29, 0.717) is 6.54 Å². The van der Waals surface area contributed by atoms with E-state index < -0.39 is 0 Å². The number of carbonyl (C=O) groups is 1. The summed E-state index contributed by atoms with van der Waals surface area (Å²) in [4.78, 5) is 22.9. The predicted molar refractivity (Wildman–Crippen MR) is 80.0 cm³/mol. The molecule has 0 spiro atoms. The fraction of sp³-hybridized carbons (Fsp3) is 0.467. The van der Waals surface area contributed by atoms with Gasteiger partial charge in [-0.25, -0.2) is 0 Å². The molecule has 0 saturated carbocycles. The van der Waals surface area contributed by atoms with Crippen LogP contribution in [0.15, 0.2) is 24.8 Å². The van der Waals surface area contributed by atoms with E-state index in [9.17, 15) is 4.79 Å². The Bertz CT molecular complexity index is 629. The first-order valence-corrected chi connectivity index (χ1v) is 7.36. The van der Waals surface area contributed by atoms with Gasteiger partial charge in [-0.15, -0.1) is 0 Å². The highest BCUT2D eigenvalue weighted by molar-refractivity contribution is 5.77. The van der Waals surface area contributed by atoms with E-state index in [1.54, 1.807) is 25.7 Å². The third kappa shape index (κ3) is 2.99.